The summed E-state index contributed by atoms with van der Waals surface area (Å²) in [6.07, 6.45) is 0. The average Bonchev–Trinajstić information content (AvgIpc) is 2.47. The van der Waals surface area contributed by atoms with Crippen LogP contribution in [0.1, 0.15) is 24.2 Å². The van der Waals surface area contributed by atoms with Crippen LogP contribution in [-0.2, 0) is 10.0 Å². The lowest BCUT2D eigenvalue weighted by atomic mass is 10.1. The standard InChI is InChI=1S/C14H19FN2O3S/c1-3-21(19,20)17-8-6-16(7-9-17)14-5-4-12(11(2)18)10-13(14)15/h4-5,10H,3,6-9H2,1-2H3. The second-order valence-corrected chi connectivity index (χ2v) is 7.27. The molecule has 0 aliphatic carbocycles. The van der Waals surface area contributed by atoms with E-state index in [2.05, 4.69) is 0 Å². The number of anilines is 1. The Morgan fingerprint density at radius 3 is 2.33 bits per heavy atom. The van der Waals surface area contributed by atoms with Crippen molar-refractivity contribution in [2.45, 2.75) is 13.8 Å². The maximum Gasteiger partial charge on any atom is 0.213 e. The predicted octanol–water partition coefficient (Wildman–Crippen LogP) is 1.50. The third-order valence-corrected chi connectivity index (χ3v) is 5.57. The van der Waals surface area contributed by atoms with Gasteiger partial charge in [0.25, 0.3) is 0 Å². The van der Waals surface area contributed by atoms with Crippen molar-refractivity contribution in [1.82, 2.24) is 4.31 Å². The van der Waals surface area contributed by atoms with Crippen LogP contribution in [0.25, 0.3) is 0 Å². The van der Waals surface area contributed by atoms with E-state index in [1.807, 2.05) is 0 Å². The minimum absolute atomic E-state index is 0.0780. The molecular formula is C14H19FN2O3S. The van der Waals surface area contributed by atoms with Gasteiger partial charge in [-0.2, -0.15) is 4.31 Å². The summed E-state index contributed by atoms with van der Waals surface area (Å²) >= 11 is 0. The number of carbonyl (C=O) groups is 1. The molecule has 1 fully saturated rings. The first-order valence-corrected chi connectivity index (χ1v) is 8.49. The first-order chi connectivity index (χ1) is 9.85. The molecule has 7 heteroatoms. The van der Waals surface area contributed by atoms with E-state index < -0.39 is 15.8 Å². The fraction of sp³-hybridized carbons (Fsp3) is 0.500. The van der Waals surface area contributed by atoms with E-state index in [0.717, 1.165) is 0 Å². The Morgan fingerprint density at radius 1 is 1.24 bits per heavy atom. The number of hydrogen-bond donors (Lipinski definition) is 0. The van der Waals surface area contributed by atoms with E-state index in [1.54, 1.807) is 24.0 Å². The molecule has 0 aromatic heterocycles. The third-order valence-electron chi connectivity index (χ3n) is 3.69. The van der Waals surface area contributed by atoms with E-state index in [0.29, 0.717) is 37.4 Å². The van der Waals surface area contributed by atoms with E-state index in [1.165, 1.54) is 17.3 Å². The molecule has 0 bridgehead atoms. The molecule has 0 atom stereocenters. The fourth-order valence-electron chi connectivity index (χ4n) is 2.37. The summed E-state index contributed by atoms with van der Waals surface area (Å²) in [7, 11) is -3.19. The molecular weight excluding hydrogens is 295 g/mol. The predicted molar refractivity (Wildman–Crippen MR) is 79.7 cm³/mol. The molecule has 1 heterocycles. The summed E-state index contributed by atoms with van der Waals surface area (Å²) in [5.41, 5.74) is 0.747. The first-order valence-electron chi connectivity index (χ1n) is 6.88. The lowest BCUT2D eigenvalue weighted by Crippen LogP contribution is -2.49. The SMILES string of the molecule is CCS(=O)(=O)N1CCN(c2ccc(C(C)=O)cc2F)CC1. The normalized spacial score (nSPS) is 17.0. The number of carbonyl (C=O) groups excluding carboxylic acids is 1. The van der Waals surface area contributed by atoms with Gasteiger partial charge in [-0.15, -0.1) is 0 Å². The molecule has 0 spiro atoms. The van der Waals surface area contributed by atoms with Crippen molar-refractivity contribution in [2.24, 2.45) is 0 Å². The Balaban J connectivity index is 2.11. The van der Waals surface area contributed by atoms with Gasteiger partial charge in [-0.3, -0.25) is 4.79 Å². The number of Topliss-reactive ketones (excluding diaryl/α,β-unsaturated/α-hetero) is 1. The number of hydrogen-bond acceptors (Lipinski definition) is 4. The molecule has 21 heavy (non-hydrogen) atoms. The number of nitrogens with zero attached hydrogens (tertiary/aromatic N) is 2. The van der Waals surface area contributed by atoms with Gasteiger partial charge in [0.1, 0.15) is 5.82 Å². The van der Waals surface area contributed by atoms with E-state index in [4.69, 9.17) is 0 Å². The number of piperazine rings is 1. The van der Waals surface area contributed by atoms with Crippen molar-refractivity contribution >= 4 is 21.5 Å². The number of sulfonamides is 1. The zero-order chi connectivity index (χ0) is 15.6. The summed E-state index contributed by atoms with van der Waals surface area (Å²) in [6.45, 7) is 4.59. The monoisotopic (exact) mass is 314 g/mol. The Morgan fingerprint density at radius 2 is 1.86 bits per heavy atom. The highest BCUT2D eigenvalue weighted by molar-refractivity contribution is 7.89. The van der Waals surface area contributed by atoms with Crippen LogP contribution >= 0.6 is 0 Å². The highest BCUT2D eigenvalue weighted by Crippen LogP contribution is 2.23. The van der Waals surface area contributed by atoms with Gasteiger partial charge in [-0.05, 0) is 32.0 Å². The minimum Gasteiger partial charge on any atom is -0.367 e. The topological polar surface area (TPSA) is 57.7 Å². The molecule has 0 radical (unpaired) electrons. The van der Waals surface area contributed by atoms with Gasteiger partial charge in [0.2, 0.25) is 10.0 Å². The highest BCUT2D eigenvalue weighted by Gasteiger charge is 2.26. The lowest BCUT2D eigenvalue weighted by Gasteiger charge is -2.35. The molecule has 1 aromatic rings. The van der Waals surface area contributed by atoms with Gasteiger partial charge in [0, 0.05) is 31.7 Å². The van der Waals surface area contributed by atoms with Crippen molar-refractivity contribution in [1.29, 1.82) is 0 Å². The summed E-state index contributed by atoms with van der Waals surface area (Å²) in [5, 5.41) is 0. The quantitative estimate of drug-likeness (QED) is 0.790. The summed E-state index contributed by atoms with van der Waals surface area (Å²) in [4.78, 5) is 13.0. The van der Waals surface area contributed by atoms with Gasteiger partial charge < -0.3 is 4.90 Å². The molecule has 1 saturated heterocycles. The number of halogens is 1. The van der Waals surface area contributed by atoms with E-state index in [-0.39, 0.29) is 11.5 Å². The number of benzene rings is 1. The fourth-order valence-corrected chi connectivity index (χ4v) is 3.46. The Bertz CT molecular complexity index is 638. The molecule has 0 saturated carbocycles. The van der Waals surface area contributed by atoms with Crippen molar-refractivity contribution in [3.63, 3.8) is 0 Å². The molecule has 0 amide bonds. The summed E-state index contributed by atoms with van der Waals surface area (Å²) < 4.78 is 39.1. The Hall–Kier alpha value is -1.47. The zero-order valence-corrected chi connectivity index (χ0v) is 13.0. The van der Waals surface area contributed by atoms with Crippen LogP contribution in [0.15, 0.2) is 18.2 Å². The summed E-state index contributed by atoms with van der Waals surface area (Å²) in [5.74, 6) is -0.553. The molecule has 1 aliphatic rings. The maximum atomic E-state index is 14.1. The van der Waals surface area contributed by atoms with Crippen LogP contribution in [0.4, 0.5) is 10.1 Å². The van der Waals surface area contributed by atoms with Crippen LogP contribution in [0.5, 0.6) is 0 Å². The highest BCUT2D eigenvalue weighted by atomic mass is 32.2. The van der Waals surface area contributed by atoms with Gasteiger partial charge in [0.15, 0.2) is 5.78 Å². The number of ketones is 1. The average molecular weight is 314 g/mol. The van der Waals surface area contributed by atoms with E-state index >= 15 is 0 Å². The maximum absolute atomic E-state index is 14.1. The second-order valence-electron chi connectivity index (χ2n) is 5.01. The molecule has 1 aromatic carbocycles. The van der Waals surface area contributed by atoms with Gasteiger partial charge in [0.05, 0.1) is 11.4 Å². The number of rotatable bonds is 4. The smallest absolute Gasteiger partial charge is 0.213 e. The third kappa shape index (κ3) is 3.41. The van der Waals surface area contributed by atoms with Gasteiger partial charge >= 0.3 is 0 Å². The van der Waals surface area contributed by atoms with Crippen LogP contribution in [0.3, 0.4) is 0 Å². The lowest BCUT2D eigenvalue weighted by molar-refractivity contribution is 0.101. The van der Waals surface area contributed by atoms with Crippen molar-refractivity contribution in [3.8, 4) is 0 Å². The minimum atomic E-state index is -3.19. The largest absolute Gasteiger partial charge is 0.367 e. The summed E-state index contributed by atoms with van der Waals surface area (Å²) in [6, 6.07) is 4.40. The van der Waals surface area contributed by atoms with Crippen molar-refractivity contribution < 1.29 is 17.6 Å². The van der Waals surface area contributed by atoms with E-state index in [9.17, 15) is 17.6 Å². The molecule has 1 aliphatic heterocycles. The molecule has 0 unspecified atom stereocenters. The van der Waals surface area contributed by atoms with Crippen molar-refractivity contribution in [2.75, 3.05) is 36.8 Å². The van der Waals surface area contributed by atoms with Crippen molar-refractivity contribution in [3.05, 3.63) is 29.6 Å². The van der Waals surface area contributed by atoms with Crippen LogP contribution in [-0.4, -0.2) is 50.4 Å². The van der Waals surface area contributed by atoms with Gasteiger partial charge in [-0.25, -0.2) is 12.8 Å². The Labute approximate surface area is 124 Å². The second kappa shape index (κ2) is 6.11. The van der Waals surface area contributed by atoms with Crippen LogP contribution in [0, 0.1) is 5.82 Å². The molecule has 116 valence electrons. The Kier molecular flexibility index (Phi) is 4.63. The first kappa shape index (κ1) is 15.9. The zero-order valence-electron chi connectivity index (χ0n) is 12.2. The molecule has 5 nitrogen and oxygen atoms in total. The van der Waals surface area contributed by atoms with Crippen LogP contribution < -0.4 is 4.90 Å². The molecule has 0 N–H and O–H groups in total. The van der Waals surface area contributed by atoms with Crippen LogP contribution in [0.2, 0.25) is 0 Å². The van der Waals surface area contributed by atoms with Gasteiger partial charge in [-0.1, -0.05) is 0 Å². The molecule has 2 rings (SSSR count).